The molecule has 0 amide bonds. The summed E-state index contributed by atoms with van der Waals surface area (Å²) in [5.74, 6) is 8.96. The molecule has 10 aromatic rings. The van der Waals surface area contributed by atoms with Crippen molar-refractivity contribution in [2.75, 3.05) is 71.1 Å². The lowest BCUT2D eigenvalue weighted by atomic mass is 9.73. The number of hydrogen-bond donors (Lipinski definition) is 0. The molecule has 0 N–H and O–H groups in total. The molecule has 0 aliphatic heterocycles. The molecule has 0 bridgehead atoms. The Morgan fingerprint density at radius 3 is 0.526 bits per heavy atom. The predicted molar refractivity (Wildman–Crippen MR) is 410 cm³/mol. The summed E-state index contributed by atoms with van der Waals surface area (Å²) in [6, 6.07) is 83.5. The van der Waals surface area contributed by atoms with E-state index in [1.807, 2.05) is 219 Å². The number of rotatable bonds is 18. The van der Waals surface area contributed by atoms with Crippen LogP contribution in [0.1, 0.15) is 150 Å². The van der Waals surface area contributed by atoms with Crippen LogP contribution >= 0.6 is 0 Å². The van der Waals surface area contributed by atoms with E-state index < -0.39 is 0 Å². The van der Waals surface area contributed by atoms with E-state index in [0.717, 1.165) is 57.5 Å². The van der Waals surface area contributed by atoms with Crippen molar-refractivity contribution in [3.63, 3.8) is 0 Å². The highest BCUT2D eigenvalue weighted by molar-refractivity contribution is 5.50. The number of benzene rings is 10. The molecule has 0 aliphatic rings. The van der Waals surface area contributed by atoms with E-state index in [0.29, 0.717) is 0 Å². The van der Waals surface area contributed by atoms with Gasteiger partial charge in [-0.2, -0.15) is 0 Å². The average molecular weight is 1320 g/mol. The second-order valence-electron chi connectivity index (χ2n) is 20.7. The average Bonchev–Trinajstić information content (AvgIpc) is 0.795. The molecule has 10 nitrogen and oxygen atoms in total. The van der Waals surface area contributed by atoms with Crippen molar-refractivity contribution in [3.8, 4) is 57.5 Å². The Morgan fingerprint density at radius 1 is 0.206 bits per heavy atom. The van der Waals surface area contributed by atoms with Crippen molar-refractivity contribution in [2.45, 2.75) is 114 Å². The van der Waals surface area contributed by atoms with Crippen LogP contribution in [0.4, 0.5) is 0 Å². The summed E-state index contributed by atoms with van der Waals surface area (Å²) in [4.78, 5) is 0. The topological polar surface area (TPSA) is 92.3 Å². The van der Waals surface area contributed by atoms with Crippen LogP contribution in [-0.4, -0.2) is 71.1 Å². The number of hydrogen-bond acceptors (Lipinski definition) is 10. The lowest BCUT2D eigenvalue weighted by molar-refractivity contribution is 0.411. The van der Waals surface area contributed by atoms with E-state index in [1.54, 1.807) is 71.1 Å². The van der Waals surface area contributed by atoms with Gasteiger partial charge in [0, 0.05) is 17.8 Å². The highest BCUT2D eigenvalue weighted by Gasteiger charge is 2.29. The highest BCUT2D eigenvalue weighted by Crippen LogP contribution is 2.44. The normalized spacial score (nSPS) is 9.49. The van der Waals surface area contributed by atoms with Crippen LogP contribution in [0, 0.1) is 13.8 Å². The molecule has 0 heterocycles. The van der Waals surface area contributed by atoms with Gasteiger partial charge in [-0.3, -0.25) is 0 Å². The van der Waals surface area contributed by atoms with Crippen LogP contribution in [0.15, 0.2) is 249 Å². The van der Waals surface area contributed by atoms with E-state index in [-0.39, 0.29) is 17.8 Å². The number of methoxy groups -OCH3 is 10. The molecule has 0 unspecified atom stereocenters. The largest absolute Gasteiger partial charge is 0.497 e. The zero-order chi connectivity index (χ0) is 72.2. The van der Waals surface area contributed by atoms with Gasteiger partial charge in [-0.25, -0.2) is 0 Å². The van der Waals surface area contributed by atoms with Crippen molar-refractivity contribution < 1.29 is 47.4 Å². The quantitative estimate of drug-likeness (QED) is 0.0774. The molecule has 97 heavy (non-hydrogen) atoms. The molecule has 10 heteroatoms. The van der Waals surface area contributed by atoms with Gasteiger partial charge in [-0.15, -0.1) is 0 Å². The minimum Gasteiger partial charge on any atom is -0.497 e. The molecular formula is C87H114O10. The first-order valence-electron chi connectivity index (χ1n) is 33.6. The van der Waals surface area contributed by atoms with Gasteiger partial charge in [0.05, 0.1) is 71.1 Å². The fraction of sp³-hybridized carbons (Fsp3) is 0.310. The van der Waals surface area contributed by atoms with Crippen molar-refractivity contribution in [3.05, 3.63) is 299 Å². The Kier molecular flexibility index (Phi) is 46.1. The molecule has 0 spiro atoms. The van der Waals surface area contributed by atoms with Gasteiger partial charge in [-0.1, -0.05) is 222 Å². The van der Waals surface area contributed by atoms with E-state index in [2.05, 4.69) is 113 Å². The molecule has 0 aliphatic carbocycles. The van der Waals surface area contributed by atoms with Crippen molar-refractivity contribution in [1.29, 1.82) is 0 Å². The standard InChI is InChI=1S/C30H30O4.C22H22O3.2C8H10O.C7H8O.2C3H8.3C2H6/c1-31-25-13-5-21(6-14-25)29(22-7-15-26(32-2)16-8-22)30(23-9-17-27(33-3)18-10-23)24-11-19-28(34-4)20-12-24;1-23-19-10-4-16(5-11-19)22(17-6-12-20(24-2)13-7-17)18-8-14-21(25-3)15-9-18;2*1-7-5-3-4-6-8(7)9-2;1-8-7-5-3-2-4-6-7;2*1-3-2;3*1-2/h5-20,29-30H,1-4H3;4-15,22H,1-3H3;2*3-6H,1-2H3;2-6H,1H3;2*3H2,1-2H3;3*1-2H3. The van der Waals surface area contributed by atoms with Crippen LogP contribution in [0.25, 0.3) is 0 Å². The molecule has 0 aromatic heterocycles. The van der Waals surface area contributed by atoms with Crippen LogP contribution in [0.2, 0.25) is 0 Å². The third kappa shape index (κ3) is 30.2. The Bertz CT molecular complexity index is 3110. The molecule has 0 radical (unpaired) electrons. The van der Waals surface area contributed by atoms with Crippen LogP contribution < -0.4 is 47.4 Å². The first-order valence-corrected chi connectivity index (χ1v) is 33.6. The SMILES string of the molecule is CC.CC.CC.CCC.CCC.COc1ccc(C(c2ccc(OC)cc2)C(c2ccc(OC)cc2)c2ccc(OC)cc2)cc1.COc1ccc(C(c2ccc(OC)cc2)c2ccc(OC)cc2)cc1.COc1ccccc1.COc1ccccc1C.COc1ccccc1C. The summed E-state index contributed by atoms with van der Waals surface area (Å²) in [6.07, 6.45) is 2.50. The van der Waals surface area contributed by atoms with Gasteiger partial charge < -0.3 is 47.4 Å². The van der Waals surface area contributed by atoms with Gasteiger partial charge in [0.1, 0.15) is 57.5 Å². The molecule has 0 saturated carbocycles. The third-order valence-electron chi connectivity index (χ3n) is 14.2. The van der Waals surface area contributed by atoms with E-state index >= 15 is 0 Å². The fourth-order valence-corrected chi connectivity index (χ4v) is 9.49. The summed E-state index contributed by atoms with van der Waals surface area (Å²) in [6.45, 7) is 24.6. The zero-order valence-electron chi connectivity index (χ0n) is 62.4. The minimum atomic E-state index is 0.0543. The fourth-order valence-electron chi connectivity index (χ4n) is 9.49. The van der Waals surface area contributed by atoms with Gasteiger partial charge in [-0.05, 0) is 173 Å². The number of aryl methyl sites for hydroxylation is 2. The summed E-state index contributed by atoms with van der Waals surface area (Å²) in [5.41, 5.74) is 10.8. The van der Waals surface area contributed by atoms with Crippen LogP contribution in [0.3, 0.4) is 0 Å². The Morgan fingerprint density at radius 2 is 0.371 bits per heavy atom. The smallest absolute Gasteiger partial charge is 0.121 e. The van der Waals surface area contributed by atoms with Gasteiger partial charge in [0.2, 0.25) is 0 Å². The molecular weight excluding hydrogens is 1200 g/mol. The molecule has 0 saturated heterocycles. The summed E-state index contributed by atoms with van der Waals surface area (Å²) < 4.78 is 52.6. The Labute approximate surface area is 585 Å². The third-order valence-corrected chi connectivity index (χ3v) is 14.2. The summed E-state index contributed by atoms with van der Waals surface area (Å²) in [5, 5.41) is 0. The van der Waals surface area contributed by atoms with E-state index in [4.69, 9.17) is 47.4 Å². The molecule has 10 rings (SSSR count). The molecule has 0 atom stereocenters. The second kappa shape index (κ2) is 52.5. The number of para-hydroxylation sites is 3. The molecule has 0 fully saturated rings. The summed E-state index contributed by atoms with van der Waals surface area (Å²) in [7, 11) is 16.8. The van der Waals surface area contributed by atoms with Crippen LogP contribution in [0.5, 0.6) is 57.5 Å². The minimum absolute atomic E-state index is 0.0543. The number of ether oxygens (including phenoxy) is 10. The molecule has 522 valence electrons. The van der Waals surface area contributed by atoms with Crippen molar-refractivity contribution in [1.82, 2.24) is 0 Å². The Balaban J connectivity index is 0.000000645. The second-order valence-corrected chi connectivity index (χ2v) is 20.7. The lowest BCUT2D eigenvalue weighted by Gasteiger charge is -2.30. The molecule has 10 aromatic carbocycles. The maximum atomic E-state index is 5.42. The van der Waals surface area contributed by atoms with Gasteiger partial charge >= 0.3 is 0 Å². The zero-order valence-corrected chi connectivity index (χ0v) is 62.4. The van der Waals surface area contributed by atoms with Gasteiger partial charge in [0.15, 0.2) is 0 Å². The first kappa shape index (κ1) is 85.2. The maximum Gasteiger partial charge on any atom is 0.121 e. The monoisotopic (exact) mass is 1320 g/mol. The predicted octanol–water partition coefficient (Wildman–Crippen LogP) is 23.2. The summed E-state index contributed by atoms with van der Waals surface area (Å²) >= 11 is 0. The van der Waals surface area contributed by atoms with Crippen LogP contribution in [-0.2, 0) is 0 Å². The highest BCUT2D eigenvalue weighted by atomic mass is 16.5. The van der Waals surface area contributed by atoms with E-state index in [1.165, 1.54) is 62.9 Å². The van der Waals surface area contributed by atoms with E-state index in [9.17, 15) is 0 Å². The van der Waals surface area contributed by atoms with Gasteiger partial charge in [0.25, 0.3) is 0 Å². The first-order chi connectivity index (χ1) is 47.4. The Hall–Kier alpha value is -9.80. The lowest BCUT2D eigenvalue weighted by Crippen LogP contribution is -2.15. The van der Waals surface area contributed by atoms with Crippen molar-refractivity contribution in [2.24, 2.45) is 0 Å². The maximum absolute atomic E-state index is 5.42. The van der Waals surface area contributed by atoms with Crippen molar-refractivity contribution >= 4 is 0 Å².